The van der Waals surface area contributed by atoms with Crippen LogP contribution in [0.3, 0.4) is 0 Å². The van der Waals surface area contributed by atoms with Crippen molar-refractivity contribution in [2.75, 3.05) is 5.33 Å². The second-order valence-corrected chi connectivity index (χ2v) is 9.73. The van der Waals surface area contributed by atoms with Gasteiger partial charge >= 0.3 is 5.97 Å². The molecule has 0 amide bonds. The summed E-state index contributed by atoms with van der Waals surface area (Å²) in [5, 5.41) is 0.277. The van der Waals surface area contributed by atoms with E-state index >= 15 is 0 Å². The lowest BCUT2D eigenvalue weighted by molar-refractivity contribution is -0.148. The van der Waals surface area contributed by atoms with E-state index < -0.39 is 0 Å². The summed E-state index contributed by atoms with van der Waals surface area (Å²) < 4.78 is 5.60. The molecule has 0 bridgehead atoms. The number of fused-ring (bicyclic) bond motifs is 5. The quantitative estimate of drug-likeness (QED) is 0.373. The molecule has 0 saturated heterocycles. The van der Waals surface area contributed by atoms with Crippen molar-refractivity contribution in [2.24, 2.45) is 28.6 Å². The first-order valence-electron chi connectivity index (χ1n) is 9.87. The highest BCUT2D eigenvalue weighted by molar-refractivity contribution is 9.09. The summed E-state index contributed by atoms with van der Waals surface area (Å²) in [5.74, 6) is 2.31. The molecular weight excluding hydrogens is 380 g/mol. The molecule has 25 heavy (non-hydrogen) atoms. The maximum absolute atomic E-state index is 12.5. The monoisotopic (exact) mass is 408 g/mol. The summed E-state index contributed by atoms with van der Waals surface area (Å²) in [4.78, 5) is 24.1. The highest BCUT2D eigenvalue weighted by Crippen LogP contribution is 2.64. The summed E-state index contributed by atoms with van der Waals surface area (Å²) in [7, 11) is 0. The van der Waals surface area contributed by atoms with E-state index in [9.17, 15) is 9.59 Å². The molecule has 6 atom stereocenters. The number of carbonyl (C=O) groups excluding carboxylic acids is 2. The number of hydrogen-bond acceptors (Lipinski definition) is 3. The van der Waals surface area contributed by atoms with Crippen molar-refractivity contribution in [3.63, 3.8) is 0 Å². The lowest BCUT2D eigenvalue weighted by atomic mass is 9.48. The van der Waals surface area contributed by atoms with Gasteiger partial charge in [-0.05, 0) is 61.7 Å². The zero-order valence-corrected chi connectivity index (χ0v) is 16.9. The molecule has 0 aromatic carbocycles. The predicted molar refractivity (Wildman–Crippen MR) is 100 cm³/mol. The van der Waals surface area contributed by atoms with E-state index in [4.69, 9.17) is 4.74 Å². The van der Waals surface area contributed by atoms with Crippen LogP contribution in [0.5, 0.6) is 0 Å². The van der Waals surface area contributed by atoms with E-state index in [1.54, 1.807) is 0 Å². The van der Waals surface area contributed by atoms with Crippen LogP contribution in [0.15, 0.2) is 11.6 Å². The van der Waals surface area contributed by atoms with Gasteiger partial charge in [0.2, 0.25) is 0 Å². The summed E-state index contributed by atoms with van der Waals surface area (Å²) in [5.41, 5.74) is 1.71. The topological polar surface area (TPSA) is 43.4 Å². The number of halogens is 1. The molecule has 3 fully saturated rings. The van der Waals surface area contributed by atoms with Crippen molar-refractivity contribution >= 4 is 27.7 Å². The van der Waals surface area contributed by atoms with E-state index in [0.29, 0.717) is 23.5 Å². The van der Waals surface area contributed by atoms with Crippen molar-refractivity contribution in [3.8, 4) is 0 Å². The molecule has 0 aliphatic heterocycles. The molecule has 0 aromatic heterocycles. The molecule has 138 valence electrons. The Morgan fingerprint density at radius 3 is 2.68 bits per heavy atom. The van der Waals surface area contributed by atoms with Crippen LogP contribution in [0.2, 0.25) is 0 Å². The smallest absolute Gasteiger partial charge is 0.316 e. The minimum absolute atomic E-state index is 0.0443. The molecule has 3 nitrogen and oxygen atoms in total. The van der Waals surface area contributed by atoms with Gasteiger partial charge in [-0.25, -0.2) is 0 Å². The first kappa shape index (κ1) is 17.8. The molecule has 0 unspecified atom stereocenters. The summed E-state index contributed by atoms with van der Waals surface area (Å²) in [6.45, 7) is 4.68. The van der Waals surface area contributed by atoms with Crippen LogP contribution in [0.4, 0.5) is 0 Å². The van der Waals surface area contributed by atoms with Crippen LogP contribution in [0, 0.1) is 28.6 Å². The number of hydrogen-bond donors (Lipinski definition) is 0. The Morgan fingerprint density at radius 1 is 1.20 bits per heavy atom. The van der Waals surface area contributed by atoms with E-state index in [2.05, 4.69) is 35.9 Å². The maximum Gasteiger partial charge on any atom is 0.316 e. The van der Waals surface area contributed by atoms with Crippen molar-refractivity contribution in [3.05, 3.63) is 11.6 Å². The van der Waals surface area contributed by atoms with Crippen molar-refractivity contribution in [2.45, 2.75) is 71.3 Å². The van der Waals surface area contributed by atoms with Gasteiger partial charge in [-0.3, -0.25) is 9.59 Å². The number of esters is 1. The van der Waals surface area contributed by atoms with Gasteiger partial charge in [-0.15, -0.1) is 0 Å². The number of ketones is 1. The predicted octanol–water partition coefficient (Wildman–Crippen LogP) is 4.83. The minimum atomic E-state index is -0.152. The van der Waals surface area contributed by atoms with Crippen molar-refractivity contribution < 1.29 is 14.3 Å². The number of alkyl halides is 1. The highest BCUT2D eigenvalue weighted by atomic mass is 79.9. The van der Waals surface area contributed by atoms with Gasteiger partial charge in [-0.2, -0.15) is 0 Å². The zero-order chi connectivity index (χ0) is 17.8. The SMILES string of the molecule is C[C@]12CC[C@@H](OC(=O)CBr)CC1=CC[C@@H]1[C@@H]2CC[C@]2(C)C(=O)CC[C@@H]12. The third-order valence-corrected chi connectivity index (χ3v) is 8.63. The second kappa shape index (κ2) is 6.21. The molecule has 4 heteroatoms. The Labute approximate surface area is 159 Å². The summed E-state index contributed by atoms with van der Waals surface area (Å²) in [6.07, 6.45) is 10.7. The van der Waals surface area contributed by atoms with E-state index in [-0.39, 0.29) is 28.2 Å². The number of Topliss-reactive ketones (excluding diaryl/α,β-unsaturated/α-hetero) is 1. The fourth-order valence-electron chi connectivity index (χ4n) is 6.72. The van der Waals surface area contributed by atoms with Crippen LogP contribution < -0.4 is 0 Å². The van der Waals surface area contributed by atoms with Gasteiger partial charge in [-0.1, -0.05) is 41.4 Å². The molecular formula is C21H29BrO3. The lowest BCUT2D eigenvalue weighted by Gasteiger charge is -2.56. The Kier molecular flexibility index (Phi) is 4.41. The molecule has 3 saturated carbocycles. The largest absolute Gasteiger partial charge is 0.461 e. The Balaban J connectivity index is 1.56. The van der Waals surface area contributed by atoms with Crippen LogP contribution in [-0.2, 0) is 14.3 Å². The van der Waals surface area contributed by atoms with Crippen LogP contribution in [0.25, 0.3) is 0 Å². The molecule has 0 spiro atoms. The summed E-state index contributed by atoms with van der Waals surface area (Å²) in [6, 6.07) is 0. The van der Waals surface area contributed by atoms with Gasteiger partial charge in [0.15, 0.2) is 0 Å². The van der Waals surface area contributed by atoms with E-state index in [1.165, 1.54) is 12.0 Å². The minimum Gasteiger partial charge on any atom is -0.461 e. The van der Waals surface area contributed by atoms with Crippen molar-refractivity contribution in [1.29, 1.82) is 0 Å². The Morgan fingerprint density at radius 2 is 1.92 bits per heavy atom. The lowest BCUT2D eigenvalue weighted by Crippen LogP contribution is -2.50. The molecule has 0 aromatic rings. The van der Waals surface area contributed by atoms with E-state index in [1.807, 2.05) is 0 Å². The summed E-state index contributed by atoms with van der Waals surface area (Å²) >= 11 is 3.19. The standard InChI is InChI=1S/C21H29BrO3/c1-20-9-7-14(25-19(24)12-22)11-13(20)3-4-15-16-5-6-18(23)21(16,2)10-8-17(15)20/h3,14-17H,4-12H2,1-2H3/t14-,15+,16+,17+,20+,21+/m1/s1. The van der Waals surface area contributed by atoms with Crippen LogP contribution >= 0.6 is 15.9 Å². The molecule has 0 heterocycles. The van der Waals surface area contributed by atoms with Crippen molar-refractivity contribution in [1.82, 2.24) is 0 Å². The molecule has 0 radical (unpaired) electrons. The van der Waals surface area contributed by atoms with Crippen LogP contribution in [0.1, 0.15) is 65.2 Å². The average molecular weight is 409 g/mol. The van der Waals surface area contributed by atoms with Gasteiger partial charge in [0.1, 0.15) is 17.2 Å². The molecule has 4 aliphatic carbocycles. The number of carbonyl (C=O) groups is 2. The Hall–Kier alpha value is -0.640. The number of allylic oxidation sites excluding steroid dienone is 1. The number of ether oxygens (including phenoxy) is 1. The van der Waals surface area contributed by atoms with Gasteiger partial charge in [0.05, 0.1) is 0 Å². The fraction of sp³-hybridized carbons (Fsp3) is 0.810. The van der Waals surface area contributed by atoms with E-state index in [0.717, 1.165) is 44.9 Å². The molecule has 0 N–H and O–H groups in total. The zero-order valence-electron chi connectivity index (χ0n) is 15.4. The second-order valence-electron chi connectivity index (χ2n) is 9.17. The first-order valence-corrected chi connectivity index (χ1v) is 11.0. The molecule has 4 rings (SSSR count). The first-order chi connectivity index (χ1) is 11.9. The average Bonchev–Trinajstić information content (AvgIpc) is 2.90. The van der Waals surface area contributed by atoms with Gasteiger partial charge in [0.25, 0.3) is 0 Å². The molecule has 4 aliphatic rings. The van der Waals surface area contributed by atoms with Gasteiger partial charge < -0.3 is 4.74 Å². The third kappa shape index (κ3) is 2.65. The number of rotatable bonds is 2. The normalized spacial score (nSPS) is 45.9. The Bertz CT molecular complexity index is 627. The maximum atomic E-state index is 12.5. The highest BCUT2D eigenvalue weighted by Gasteiger charge is 2.58. The third-order valence-electron chi connectivity index (χ3n) is 8.17. The fourth-order valence-corrected chi connectivity index (χ4v) is 6.85. The van der Waals surface area contributed by atoms with Gasteiger partial charge in [0, 0.05) is 18.3 Å². The van der Waals surface area contributed by atoms with Crippen LogP contribution in [-0.4, -0.2) is 23.2 Å².